The Morgan fingerprint density at radius 3 is 2.65 bits per heavy atom. The van der Waals surface area contributed by atoms with Crippen LogP contribution >= 0.6 is 0 Å². The summed E-state index contributed by atoms with van der Waals surface area (Å²) >= 11 is 0. The van der Waals surface area contributed by atoms with Gasteiger partial charge in [0.2, 0.25) is 0 Å². The number of nitrogen functional groups attached to an aromatic ring is 1. The van der Waals surface area contributed by atoms with Gasteiger partial charge in [-0.2, -0.15) is 0 Å². The Morgan fingerprint density at radius 2 is 1.95 bits per heavy atom. The van der Waals surface area contributed by atoms with Crippen LogP contribution in [0.4, 0.5) is 23.1 Å². The van der Waals surface area contributed by atoms with Crippen LogP contribution in [0.3, 0.4) is 0 Å². The lowest BCUT2D eigenvalue weighted by Gasteiger charge is -2.08. The summed E-state index contributed by atoms with van der Waals surface area (Å²) < 4.78 is 0. The lowest BCUT2D eigenvalue weighted by Crippen LogP contribution is -2.08. The molecule has 0 fully saturated rings. The molecule has 0 amide bonds. The number of hydrogen-bond donors (Lipinski definition) is 5. The molecule has 0 aliphatic carbocycles. The Labute approximate surface area is 115 Å². The van der Waals surface area contributed by atoms with Gasteiger partial charge in [0.15, 0.2) is 0 Å². The molecule has 0 saturated heterocycles. The van der Waals surface area contributed by atoms with E-state index in [1.807, 2.05) is 0 Å². The summed E-state index contributed by atoms with van der Waals surface area (Å²) in [7, 11) is 0. The molecule has 6 N–H and O–H groups in total. The zero-order chi connectivity index (χ0) is 14.4. The maximum Gasteiger partial charge on any atom is 0.137 e. The van der Waals surface area contributed by atoms with Crippen molar-refractivity contribution in [3.63, 3.8) is 0 Å². The monoisotopic (exact) mass is 273 g/mol. The minimum atomic E-state index is 0.0238. The predicted molar refractivity (Wildman–Crippen MR) is 77.4 cm³/mol. The fourth-order valence-electron chi connectivity index (χ4n) is 1.51. The van der Waals surface area contributed by atoms with E-state index in [1.165, 1.54) is 12.5 Å². The molecule has 0 aliphatic heterocycles. The highest BCUT2D eigenvalue weighted by atomic mass is 16.3. The summed E-state index contributed by atoms with van der Waals surface area (Å²) in [5.41, 5.74) is 6.80. The third kappa shape index (κ3) is 3.39. The maximum atomic E-state index is 8.75. The number of nitrogens with zero attached hydrogens (tertiary/aromatic N) is 3. The van der Waals surface area contributed by atoms with Gasteiger partial charge in [0, 0.05) is 42.3 Å². The Bertz CT molecular complexity index is 602. The summed E-state index contributed by atoms with van der Waals surface area (Å²) in [5, 5.41) is 21.8. The number of rotatable bonds is 6. The third-order valence-electron chi connectivity index (χ3n) is 2.46. The average molecular weight is 273 g/mol. The van der Waals surface area contributed by atoms with Crippen molar-refractivity contribution >= 4 is 29.4 Å². The molecule has 0 spiro atoms. The van der Waals surface area contributed by atoms with E-state index in [0.29, 0.717) is 35.2 Å². The first-order valence-corrected chi connectivity index (χ1v) is 5.92. The molecular formula is C12H15N7O. The van der Waals surface area contributed by atoms with Gasteiger partial charge >= 0.3 is 0 Å². The molecule has 0 atom stereocenters. The van der Waals surface area contributed by atoms with Crippen LogP contribution in [0.15, 0.2) is 24.7 Å². The van der Waals surface area contributed by atoms with E-state index in [9.17, 15) is 0 Å². The van der Waals surface area contributed by atoms with Gasteiger partial charge in [-0.05, 0) is 0 Å². The van der Waals surface area contributed by atoms with Crippen LogP contribution in [0.25, 0.3) is 0 Å². The molecule has 0 radical (unpaired) electrons. The standard InChI is InChI=1S/C12H15N7O/c13-5-8-6-16-11(3-9(8)14)19-12-4-10(15-1-2-20)17-7-18-12/h3-7,13,20H,1-2H2,(H4,14,15,16,17,18,19). The fraction of sp³-hybridized carbons (Fsp3) is 0.167. The Kier molecular flexibility index (Phi) is 4.40. The number of nitrogens with two attached hydrogens (primary N) is 1. The highest BCUT2D eigenvalue weighted by molar-refractivity contribution is 5.85. The van der Waals surface area contributed by atoms with Gasteiger partial charge in [-0.1, -0.05) is 0 Å². The molecule has 2 heterocycles. The summed E-state index contributed by atoms with van der Waals surface area (Å²) in [5.74, 6) is 1.68. The summed E-state index contributed by atoms with van der Waals surface area (Å²) in [4.78, 5) is 12.2. The zero-order valence-electron chi connectivity index (χ0n) is 10.7. The maximum absolute atomic E-state index is 8.75. The fourth-order valence-corrected chi connectivity index (χ4v) is 1.51. The van der Waals surface area contributed by atoms with E-state index >= 15 is 0 Å². The minimum Gasteiger partial charge on any atom is -0.398 e. The highest BCUT2D eigenvalue weighted by Crippen LogP contribution is 2.18. The molecule has 0 unspecified atom stereocenters. The van der Waals surface area contributed by atoms with Crippen molar-refractivity contribution in [2.45, 2.75) is 0 Å². The molecule has 2 aromatic heterocycles. The number of nitrogens with one attached hydrogen (secondary N) is 3. The van der Waals surface area contributed by atoms with Crippen LogP contribution in [-0.4, -0.2) is 39.4 Å². The Morgan fingerprint density at radius 1 is 1.20 bits per heavy atom. The van der Waals surface area contributed by atoms with E-state index in [-0.39, 0.29) is 6.61 Å². The van der Waals surface area contributed by atoms with Gasteiger partial charge in [-0.3, -0.25) is 0 Å². The van der Waals surface area contributed by atoms with Crippen LogP contribution < -0.4 is 16.4 Å². The van der Waals surface area contributed by atoms with Crippen LogP contribution in [0.1, 0.15) is 5.56 Å². The van der Waals surface area contributed by atoms with Crippen LogP contribution in [0.5, 0.6) is 0 Å². The zero-order valence-corrected chi connectivity index (χ0v) is 10.7. The number of aromatic nitrogens is 3. The molecule has 0 saturated carbocycles. The smallest absolute Gasteiger partial charge is 0.137 e. The minimum absolute atomic E-state index is 0.0238. The van der Waals surface area contributed by atoms with Crippen molar-refractivity contribution < 1.29 is 5.11 Å². The van der Waals surface area contributed by atoms with Gasteiger partial charge in [0.25, 0.3) is 0 Å². The van der Waals surface area contributed by atoms with Crippen LogP contribution in [0.2, 0.25) is 0 Å². The van der Waals surface area contributed by atoms with E-state index in [0.717, 1.165) is 6.21 Å². The molecule has 8 heteroatoms. The topological polar surface area (TPSA) is 133 Å². The number of aliphatic hydroxyl groups excluding tert-OH is 1. The van der Waals surface area contributed by atoms with Gasteiger partial charge in [-0.15, -0.1) is 0 Å². The number of pyridine rings is 1. The highest BCUT2D eigenvalue weighted by Gasteiger charge is 2.03. The number of anilines is 4. The second-order valence-corrected chi connectivity index (χ2v) is 3.91. The lowest BCUT2D eigenvalue weighted by molar-refractivity contribution is 0.311. The Balaban J connectivity index is 2.13. The van der Waals surface area contributed by atoms with Crippen molar-refractivity contribution in [3.8, 4) is 0 Å². The number of aliphatic hydroxyl groups is 1. The van der Waals surface area contributed by atoms with Crippen LogP contribution in [-0.2, 0) is 0 Å². The molecule has 2 aromatic rings. The second kappa shape index (κ2) is 6.43. The molecule has 8 nitrogen and oxygen atoms in total. The molecular weight excluding hydrogens is 258 g/mol. The second-order valence-electron chi connectivity index (χ2n) is 3.91. The van der Waals surface area contributed by atoms with Crippen molar-refractivity contribution in [1.29, 1.82) is 5.41 Å². The molecule has 2 rings (SSSR count). The van der Waals surface area contributed by atoms with Gasteiger partial charge in [0.05, 0.1) is 6.61 Å². The first-order chi connectivity index (χ1) is 9.72. The van der Waals surface area contributed by atoms with Crippen molar-refractivity contribution in [2.24, 2.45) is 0 Å². The van der Waals surface area contributed by atoms with Crippen molar-refractivity contribution in [3.05, 3.63) is 30.2 Å². The van der Waals surface area contributed by atoms with Gasteiger partial charge in [-0.25, -0.2) is 15.0 Å². The molecule has 0 aromatic carbocycles. The first-order valence-electron chi connectivity index (χ1n) is 5.92. The predicted octanol–water partition coefficient (Wildman–Crippen LogP) is 0.599. The van der Waals surface area contributed by atoms with Gasteiger partial charge < -0.3 is 26.9 Å². The van der Waals surface area contributed by atoms with E-state index in [1.54, 1.807) is 12.1 Å². The number of hydrogen-bond acceptors (Lipinski definition) is 8. The molecule has 0 aliphatic rings. The van der Waals surface area contributed by atoms with Crippen molar-refractivity contribution in [2.75, 3.05) is 29.5 Å². The SMILES string of the molecule is N=Cc1cnc(Nc2cc(NCCO)ncn2)cc1N. The third-order valence-corrected chi connectivity index (χ3v) is 2.46. The Hall–Kier alpha value is -2.74. The van der Waals surface area contributed by atoms with Crippen LogP contribution in [0, 0.1) is 5.41 Å². The summed E-state index contributed by atoms with van der Waals surface area (Å²) in [6.45, 7) is 0.436. The molecule has 20 heavy (non-hydrogen) atoms. The van der Waals surface area contributed by atoms with Crippen molar-refractivity contribution in [1.82, 2.24) is 15.0 Å². The van der Waals surface area contributed by atoms with E-state index in [4.69, 9.17) is 16.2 Å². The lowest BCUT2D eigenvalue weighted by atomic mass is 10.2. The molecule has 0 bridgehead atoms. The molecule has 104 valence electrons. The largest absolute Gasteiger partial charge is 0.398 e. The van der Waals surface area contributed by atoms with E-state index < -0.39 is 0 Å². The van der Waals surface area contributed by atoms with Gasteiger partial charge in [0.1, 0.15) is 23.8 Å². The summed E-state index contributed by atoms with van der Waals surface area (Å²) in [6.07, 6.45) is 4.06. The van der Waals surface area contributed by atoms with E-state index in [2.05, 4.69) is 25.6 Å². The quantitative estimate of drug-likeness (QED) is 0.487. The average Bonchev–Trinajstić information content (AvgIpc) is 2.46. The normalized spacial score (nSPS) is 10.1. The summed E-state index contributed by atoms with van der Waals surface area (Å²) in [6, 6.07) is 3.32. The first kappa shape index (κ1) is 13.7.